The summed E-state index contributed by atoms with van der Waals surface area (Å²) in [5.74, 6) is 0.854. The maximum absolute atomic E-state index is 6.01. The van der Waals surface area contributed by atoms with E-state index in [0.29, 0.717) is 4.84 Å². The van der Waals surface area contributed by atoms with Crippen LogP contribution in [-0.2, 0) is 0 Å². The molecule has 0 amide bonds. The molecule has 98 valence electrons. The van der Waals surface area contributed by atoms with Crippen LogP contribution in [0.15, 0.2) is 59.0 Å². The average Bonchev–Trinajstić information content (AvgIpc) is 2.82. The lowest BCUT2D eigenvalue weighted by atomic mass is 10.1. The Labute approximate surface area is 120 Å². The van der Waals surface area contributed by atoms with Gasteiger partial charge in [0.1, 0.15) is 5.75 Å². The largest absolute Gasteiger partial charge is 0.466 e. The predicted octanol–water partition coefficient (Wildman–Crippen LogP) is 4.57. The second-order valence-electron chi connectivity index (χ2n) is 4.61. The Morgan fingerprint density at radius 1 is 1.00 bits per heavy atom. The van der Waals surface area contributed by atoms with Gasteiger partial charge in [0.05, 0.1) is 5.52 Å². The number of para-hydroxylation sites is 3. The zero-order valence-corrected chi connectivity index (χ0v) is 11.3. The highest BCUT2D eigenvalue weighted by atomic mass is 32.1. The lowest BCUT2D eigenvalue weighted by molar-refractivity contribution is 0.177. The molecule has 1 aliphatic rings. The fourth-order valence-corrected chi connectivity index (χ4v) is 2.74. The number of hydrogen-bond donors (Lipinski definition) is 0. The molecule has 3 aromatic rings. The zero-order valence-electron chi connectivity index (χ0n) is 10.5. The minimum absolute atomic E-state index is 0.277. The molecule has 0 fully saturated rings. The van der Waals surface area contributed by atoms with Gasteiger partial charge in [0.15, 0.2) is 11.8 Å². The molecule has 0 aliphatic carbocycles. The predicted molar refractivity (Wildman–Crippen MR) is 80.2 cm³/mol. The number of oxazole rings is 1. The lowest BCUT2D eigenvalue weighted by Gasteiger charge is -2.22. The Morgan fingerprint density at radius 3 is 2.75 bits per heavy atom. The van der Waals surface area contributed by atoms with Crippen LogP contribution < -0.4 is 4.74 Å². The quantitative estimate of drug-likeness (QED) is 0.611. The Bertz CT molecular complexity index is 875. The molecule has 0 spiro atoms. The molecule has 2 aromatic carbocycles. The van der Waals surface area contributed by atoms with Crippen molar-refractivity contribution in [1.82, 2.24) is 4.57 Å². The Kier molecular flexibility index (Phi) is 2.50. The van der Waals surface area contributed by atoms with Gasteiger partial charge in [0.25, 0.3) is 4.84 Å². The van der Waals surface area contributed by atoms with Gasteiger partial charge in [-0.25, -0.2) is 0 Å². The standard InChI is InChI=1S/C16H11NO2S/c20-16-17(12-6-2-4-8-14(12)19-16)15-10-9-11-5-1-3-7-13(11)18-15/h1-10,15H. The highest BCUT2D eigenvalue weighted by Gasteiger charge is 2.19. The van der Waals surface area contributed by atoms with Crippen molar-refractivity contribution in [1.29, 1.82) is 0 Å². The molecular formula is C16H11NO2S. The minimum atomic E-state index is -0.277. The molecule has 0 radical (unpaired) electrons. The van der Waals surface area contributed by atoms with Gasteiger partial charge in [-0.1, -0.05) is 30.3 Å². The fourth-order valence-electron chi connectivity index (χ4n) is 2.44. The van der Waals surface area contributed by atoms with E-state index in [1.54, 1.807) is 0 Å². The average molecular weight is 281 g/mol. The summed E-state index contributed by atoms with van der Waals surface area (Å²) in [4.78, 5) is 0.417. The van der Waals surface area contributed by atoms with E-state index < -0.39 is 0 Å². The van der Waals surface area contributed by atoms with Gasteiger partial charge in [-0.3, -0.25) is 4.57 Å². The number of hydrogen-bond acceptors (Lipinski definition) is 3. The van der Waals surface area contributed by atoms with E-state index in [1.165, 1.54) is 0 Å². The van der Waals surface area contributed by atoms with Crippen molar-refractivity contribution in [3.05, 3.63) is 65.0 Å². The highest BCUT2D eigenvalue weighted by Crippen LogP contribution is 2.32. The van der Waals surface area contributed by atoms with Crippen molar-refractivity contribution < 1.29 is 9.15 Å². The lowest BCUT2D eigenvalue weighted by Crippen LogP contribution is -2.16. The smallest absolute Gasteiger partial charge is 0.272 e. The van der Waals surface area contributed by atoms with Gasteiger partial charge in [-0.05, 0) is 42.6 Å². The summed E-state index contributed by atoms with van der Waals surface area (Å²) in [6, 6.07) is 15.7. The van der Waals surface area contributed by atoms with Gasteiger partial charge in [0, 0.05) is 5.56 Å². The number of benzene rings is 2. The molecule has 20 heavy (non-hydrogen) atoms. The summed E-state index contributed by atoms with van der Waals surface area (Å²) >= 11 is 5.31. The van der Waals surface area contributed by atoms with Crippen molar-refractivity contribution in [3.8, 4) is 5.75 Å². The number of fused-ring (bicyclic) bond motifs is 2. The maximum atomic E-state index is 6.01. The van der Waals surface area contributed by atoms with Crippen LogP contribution >= 0.6 is 12.2 Å². The van der Waals surface area contributed by atoms with Crippen LogP contribution in [0.5, 0.6) is 5.75 Å². The summed E-state index contributed by atoms with van der Waals surface area (Å²) < 4.78 is 13.5. The highest BCUT2D eigenvalue weighted by molar-refractivity contribution is 7.71. The molecular weight excluding hydrogens is 270 g/mol. The van der Waals surface area contributed by atoms with Crippen LogP contribution in [0, 0.1) is 4.84 Å². The van der Waals surface area contributed by atoms with Crippen LogP contribution in [0.1, 0.15) is 11.8 Å². The van der Waals surface area contributed by atoms with Crippen molar-refractivity contribution in [2.45, 2.75) is 6.23 Å². The van der Waals surface area contributed by atoms with Gasteiger partial charge in [-0.15, -0.1) is 0 Å². The third kappa shape index (κ3) is 1.69. The van der Waals surface area contributed by atoms with Crippen LogP contribution in [0.2, 0.25) is 0 Å². The van der Waals surface area contributed by atoms with E-state index in [2.05, 4.69) is 0 Å². The van der Waals surface area contributed by atoms with Gasteiger partial charge < -0.3 is 9.15 Å². The Hall–Kier alpha value is -2.33. The van der Waals surface area contributed by atoms with Crippen molar-refractivity contribution in [2.24, 2.45) is 0 Å². The fraction of sp³-hybridized carbons (Fsp3) is 0.0625. The molecule has 1 aromatic heterocycles. The number of ether oxygens (including phenoxy) is 1. The van der Waals surface area contributed by atoms with Crippen LogP contribution in [0.4, 0.5) is 0 Å². The molecule has 0 saturated heterocycles. The molecule has 4 rings (SSSR count). The van der Waals surface area contributed by atoms with E-state index in [-0.39, 0.29) is 6.23 Å². The first-order valence-electron chi connectivity index (χ1n) is 6.37. The Morgan fingerprint density at radius 2 is 1.80 bits per heavy atom. The van der Waals surface area contributed by atoms with Gasteiger partial charge >= 0.3 is 0 Å². The molecule has 1 unspecified atom stereocenters. The maximum Gasteiger partial charge on any atom is 0.272 e. The summed E-state index contributed by atoms with van der Waals surface area (Å²) in [6.45, 7) is 0. The summed E-state index contributed by atoms with van der Waals surface area (Å²) in [7, 11) is 0. The second kappa shape index (κ2) is 4.35. The number of aromatic nitrogens is 1. The second-order valence-corrected chi connectivity index (χ2v) is 4.96. The van der Waals surface area contributed by atoms with Crippen LogP contribution in [0.25, 0.3) is 17.2 Å². The first-order chi connectivity index (χ1) is 9.83. The number of nitrogens with zero attached hydrogens (tertiary/aromatic N) is 1. The van der Waals surface area contributed by atoms with E-state index in [4.69, 9.17) is 21.4 Å². The van der Waals surface area contributed by atoms with Crippen LogP contribution in [-0.4, -0.2) is 4.57 Å². The van der Waals surface area contributed by atoms with Crippen molar-refractivity contribution in [3.63, 3.8) is 0 Å². The SMILES string of the molecule is S=c1oc2ccccc2n1C1C=Cc2ccccc2O1. The minimum Gasteiger partial charge on any atom is -0.466 e. The molecule has 1 aliphatic heterocycles. The number of rotatable bonds is 1. The van der Waals surface area contributed by atoms with E-state index >= 15 is 0 Å². The molecule has 3 nitrogen and oxygen atoms in total. The van der Waals surface area contributed by atoms with Crippen molar-refractivity contribution >= 4 is 29.4 Å². The zero-order chi connectivity index (χ0) is 13.5. The summed E-state index contributed by atoms with van der Waals surface area (Å²) in [6.07, 6.45) is 3.76. The molecule has 1 atom stereocenters. The van der Waals surface area contributed by atoms with Crippen LogP contribution in [0.3, 0.4) is 0 Å². The molecule has 4 heteroatoms. The van der Waals surface area contributed by atoms with Crippen molar-refractivity contribution in [2.75, 3.05) is 0 Å². The van der Waals surface area contributed by atoms with E-state index in [9.17, 15) is 0 Å². The van der Waals surface area contributed by atoms with Gasteiger partial charge in [-0.2, -0.15) is 0 Å². The summed E-state index contributed by atoms with van der Waals surface area (Å²) in [5.41, 5.74) is 2.78. The molecule has 0 N–H and O–H groups in total. The monoisotopic (exact) mass is 281 g/mol. The third-order valence-corrected chi connectivity index (χ3v) is 3.66. The Balaban J connectivity index is 1.86. The summed E-state index contributed by atoms with van der Waals surface area (Å²) in [5, 5.41) is 0. The molecule has 0 bridgehead atoms. The topological polar surface area (TPSA) is 27.3 Å². The first kappa shape index (κ1) is 11.5. The van der Waals surface area contributed by atoms with E-state index in [1.807, 2.05) is 65.3 Å². The van der Waals surface area contributed by atoms with Gasteiger partial charge in [0.2, 0.25) is 0 Å². The third-order valence-electron chi connectivity index (χ3n) is 3.38. The first-order valence-corrected chi connectivity index (χ1v) is 6.78. The van der Waals surface area contributed by atoms with E-state index in [0.717, 1.165) is 22.4 Å². The molecule has 0 saturated carbocycles. The normalized spacial score (nSPS) is 16.9. The molecule has 2 heterocycles.